The van der Waals surface area contributed by atoms with E-state index in [0.29, 0.717) is 23.2 Å². The van der Waals surface area contributed by atoms with Crippen LogP contribution in [-0.2, 0) is 10.8 Å². The van der Waals surface area contributed by atoms with Crippen LogP contribution in [0, 0.1) is 18.3 Å². The molecule has 3 aromatic rings. The van der Waals surface area contributed by atoms with Crippen LogP contribution in [0.4, 0.5) is 0 Å². The Bertz CT molecular complexity index is 1070. The Morgan fingerprint density at radius 1 is 1.29 bits per heavy atom. The van der Waals surface area contributed by atoms with E-state index in [1.807, 2.05) is 13.0 Å². The first kappa shape index (κ1) is 20.0. The minimum Gasteiger partial charge on any atom is -0.384 e. The molecule has 0 fully saturated rings. The summed E-state index contributed by atoms with van der Waals surface area (Å²) < 4.78 is 10.6. The highest BCUT2D eigenvalue weighted by atomic mass is 35.5. The number of carbonyl (C=O) groups is 1. The Morgan fingerprint density at radius 2 is 2.07 bits per heavy atom. The second-order valence-electron chi connectivity index (χ2n) is 5.73. The Labute approximate surface area is 175 Å². The molecular formula is C18H11Cl3N4O3. The summed E-state index contributed by atoms with van der Waals surface area (Å²) in [5.41, 5.74) is 3.39. The van der Waals surface area contributed by atoms with E-state index in [1.165, 1.54) is 12.3 Å². The molecule has 0 aliphatic rings. The van der Waals surface area contributed by atoms with Crippen molar-refractivity contribution in [3.63, 3.8) is 0 Å². The van der Waals surface area contributed by atoms with E-state index in [4.69, 9.17) is 44.9 Å². The molecule has 0 N–H and O–H groups in total. The molecule has 0 amide bonds. The maximum absolute atomic E-state index is 11.3. The summed E-state index contributed by atoms with van der Waals surface area (Å²) in [5.74, 6) is -0.497. The van der Waals surface area contributed by atoms with Gasteiger partial charge in [0.05, 0.1) is 12.1 Å². The Kier molecular flexibility index (Phi) is 6.05. The van der Waals surface area contributed by atoms with Crippen LogP contribution >= 0.6 is 35.3 Å². The van der Waals surface area contributed by atoms with Crippen molar-refractivity contribution in [2.24, 2.45) is 0 Å². The fourth-order valence-corrected chi connectivity index (χ4v) is 3.22. The number of halogens is 3. The molecule has 1 aromatic carbocycles. The van der Waals surface area contributed by atoms with Crippen LogP contribution < -0.4 is 4.29 Å². The van der Waals surface area contributed by atoms with E-state index in [2.05, 4.69) is 14.4 Å². The zero-order valence-electron chi connectivity index (χ0n) is 14.3. The van der Waals surface area contributed by atoms with Crippen molar-refractivity contribution >= 4 is 41.3 Å². The van der Waals surface area contributed by atoms with E-state index in [-0.39, 0.29) is 16.6 Å². The van der Waals surface area contributed by atoms with Crippen LogP contribution in [0.25, 0.3) is 11.1 Å². The third-order valence-corrected chi connectivity index (χ3v) is 4.64. The summed E-state index contributed by atoms with van der Waals surface area (Å²) in [6.07, 6.45) is 1.53. The zero-order chi connectivity index (χ0) is 20.3. The molecule has 0 unspecified atom stereocenters. The number of carbonyl (C=O) groups excluding carboxylic acids is 1. The first-order chi connectivity index (χ1) is 13.5. The van der Waals surface area contributed by atoms with Gasteiger partial charge in [0.15, 0.2) is 10.9 Å². The maximum atomic E-state index is 11.3. The summed E-state index contributed by atoms with van der Waals surface area (Å²) in [7, 11) is 0. The van der Waals surface area contributed by atoms with Crippen LogP contribution in [-0.4, -0.2) is 20.7 Å². The number of hydrogen-bond donors (Lipinski definition) is 0. The normalized spacial score (nSPS) is 10.4. The van der Waals surface area contributed by atoms with Crippen LogP contribution in [0.15, 0.2) is 36.5 Å². The van der Waals surface area contributed by atoms with Gasteiger partial charge in [-0.05, 0) is 36.2 Å². The van der Waals surface area contributed by atoms with E-state index < -0.39 is 5.97 Å². The Morgan fingerprint density at radius 3 is 2.68 bits per heavy atom. The van der Waals surface area contributed by atoms with E-state index in [9.17, 15) is 4.79 Å². The molecule has 2 heterocycles. The van der Waals surface area contributed by atoms with Crippen molar-refractivity contribution in [1.82, 2.24) is 14.8 Å². The summed E-state index contributed by atoms with van der Waals surface area (Å²) in [5, 5.41) is 13.7. The summed E-state index contributed by atoms with van der Waals surface area (Å²) in [6.45, 7) is 2.24. The summed E-state index contributed by atoms with van der Waals surface area (Å²) in [4.78, 5) is 15.4. The third kappa shape index (κ3) is 3.90. The van der Waals surface area contributed by atoms with Gasteiger partial charge in [0.2, 0.25) is 0 Å². The van der Waals surface area contributed by atoms with Gasteiger partial charge < -0.3 is 8.58 Å². The lowest BCUT2D eigenvalue weighted by Crippen LogP contribution is -2.06. The molecule has 0 atom stereocenters. The Hall–Kier alpha value is -2.79. The lowest BCUT2D eigenvalue weighted by Gasteiger charge is -2.07. The van der Waals surface area contributed by atoms with Crippen LogP contribution in [0.2, 0.25) is 5.15 Å². The van der Waals surface area contributed by atoms with Gasteiger partial charge in [-0.2, -0.15) is 10.4 Å². The second-order valence-corrected chi connectivity index (χ2v) is 6.39. The molecule has 0 bridgehead atoms. The number of nitriles is 1. The van der Waals surface area contributed by atoms with Gasteiger partial charge in [-0.15, -0.1) is 0 Å². The molecule has 142 valence electrons. The van der Waals surface area contributed by atoms with E-state index >= 15 is 0 Å². The fraction of sp³-hybridized carbons (Fsp3) is 0.111. The first-order valence-corrected chi connectivity index (χ1v) is 8.81. The number of nitrogens with zero attached hydrogens (tertiary/aromatic N) is 4. The largest absolute Gasteiger partial charge is 0.384 e. The lowest BCUT2D eigenvalue weighted by atomic mass is 10.0. The van der Waals surface area contributed by atoms with E-state index in [1.54, 1.807) is 28.9 Å². The van der Waals surface area contributed by atoms with Gasteiger partial charge in [0.1, 0.15) is 35.5 Å². The molecule has 0 saturated carbocycles. The summed E-state index contributed by atoms with van der Waals surface area (Å²) >= 11 is 16.8. The molecule has 28 heavy (non-hydrogen) atoms. The number of aromatic nitrogens is 3. The second kappa shape index (κ2) is 8.48. The predicted octanol–water partition coefficient (Wildman–Crippen LogP) is 4.67. The standard InChI is InChI=1S/C18H11Cl3N4O3/c1-10-16(12-3-4-13(7-22)15(6-12)27-20)17(19)24-25(10)9-11-2-5-14(23-8-11)18(26)28-21/h2-6,8H,9H2,1H3. The highest BCUT2D eigenvalue weighted by Crippen LogP contribution is 2.34. The predicted molar refractivity (Wildman–Crippen MR) is 103 cm³/mol. The monoisotopic (exact) mass is 436 g/mol. The molecule has 3 rings (SSSR count). The van der Waals surface area contributed by atoms with Gasteiger partial charge in [0, 0.05) is 17.5 Å². The SMILES string of the molecule is Cc1c(-c2ccc(C#N)c(OCl)c2)c(Cl)nn1Cc1ccc(C(=O)OCl)nc1. The number of hydrogen-bond acceptors (Lipinski definition) is 6. The fourth-order valence-electron chi connectivity index (χ4n) is 2.68. The number of benzene rings is 1. The lowest BCUT2D eigenvalue weighted by molar-refractivity contribution is 0.0745. The molecule has 0 spiro atoms. The highest BCUT2D eigenvalue weighted by molar-refractivity contribution is 6.32. The topological polar surface area (TPSA) is 90.0 Å². The van der Waals surface area contributed by atoms with Crippen LogP contribution in [0.3, 0.4) is 0 Å². The number of rotatable bonds is 5. The molecule has 7 nitrogen and oxygen atoms in total. The van der Waals surface area contributed by atoms with Gasteiger partial charge in [0.25, 0.3) is 0 Å². The molecule has 2 aromatic heterocycles. The third-order valence-electron chi connectivity index (χ3n) is 4.07. The van der Waals surface area contributed by atoms with Crippen LogP contribution in [0.5, 0.6) is 5.75 Å². The average molecular weight is 438 g/mol. The van der Waals surface area contributed by atoms with E-state index in [0.717, 1.165) is 11.3 Å². The minimum absolute atomic E-state index is 0.0980. The van der Waals surface area contributed by atoms with Crippen molar-refractivity contribution in [1.29, 1.82) is 5.26 Å². The van der Waals surface area contributed by atoms with Gasteiger partial charge in [-0.25, -0.2) is 9.78 Å². The molecule has 0 saturated heterocycles. The quantitative estimate of drug-likeness (QED) is 0.576. The molecule has 0 aliphatic heterocycles. The number of pyridine rings is 1. The van der Waals surface area contributed by atoms with Gasteiger partial charge in [-0.3, -0.25) is 4.68 Å². The van der Waals surface area contributed by atoms with Crippen molar-refractivity contribution in [3.8, 4) is 22.9 Å². The van der Waals surface area contributed by atoms with Crippen LogP contribution in [0.1, 0.15) is 27.3 Å². The van der Waals surface area contributed by atoms with Crippen molar-refractivity contribution < 1.29 is 13.4 Å². The Balaban J connectivity index is 1.92. The smallest absolute Gasteiger partial charge is 0.374 e. The van der Waals surface area contributed by atoms with Crippen molar-refractivity contribution in [2.75, 3.05) is 0 Å². The minimum atomic E-state index is -0.730. The molecule has 10 heteroatoms. The van der Waals surface area contributed by atoms with Crippen molar-refractivity contribution in [3.05, 3.63) is 64.2 Å². The summed E-state index contributed by atoms with van der Waals surface area (Å²) in [6, 6.07) is 10.2. The average Bonchev–Trinajstić information content (AvgIpc) is 3.00. The van der Waals surface area contributed by atoms with Gasteiger partial charge in [-0.1, -0.05) is 23.7 Å². The first-order valence-electron chi connectivity index (χ1n) is 7.82. The van der Waals surface area contributed by atoms with Crippen molar-refractivity contribution in [2.45, 2.75) is 13.5 Å². The van der Waals surface area contributed by atoms with Gasteiger partial charge >= 0.3 is 5.97 Å². The maximum Gasteiger partial charge on any atom is 0.374 e. The molecule has 0 radical (unpaired) electrons. The highest BCUT2D eigenvalue weighted by Gasteiger charge is 2.17. The molecule has 0 aliphatic carbocycles. The zero-order valence-corrected chi connectivity index (χ0v) is 16.6. The molecular weight excluding hydrogens is 427 g/mol.